The number of anilines is 3. The van der Waals surface area contributed by atoms with Crippen LogP contribution in [0.3, 0.4) is 0 Å². The molecule has 380 valence electrons. The first-order valence-corrected chi connectivity index (χ1v) is 27.6. The highest BCUT2D eigenvalue weighted by Gasteiger charge is 2.22. The first-order chi connectivity index (χ1) is 38.7. The summed E-state index contributed by atoms with van der Waals surface area (Å²) in [5, 5.41) is 0. The second-order valence-electron chi connectivity index (χ2n) is 21.0. The lowest BCUT2D eigenvalue weighted by atomic mass is 9.84. The zero-order valence-electron chi connectivity index (χ0n) is 45.9. The van der Waals surface area contributed by atoms with Crippen LogP contribution in [0.5, 0.6) is 0 Å². The molecule has 12 aromatic carbocycles. The Labute approximate surface area is 467 Å². The Morgan fingerprint density at radius 1 is 0.177 bits per heavy atom. The zero-order chi connectivity index (χ0) is 54.0. The third-order valence-corrected chi connectivity index (χ3v) is 16.3. The fourth-order valence-electron chi connectivity index (χ4n) is 12.3. The van der Waals surface area contributed by atoms with E-state index in [1.54, 1.807) is 0 Å². The van der Waals surface area contributed by atoms with Gasteiger partial charge in [-0.1, -0.05) is 218 Å². The number of rotatable bonds is 12. The van der Waals surface area contributed by atoms with Crippen LogP contribution in [-0.2, 0) is 0 Å². The highest BCUT2D eigenvalue weighted by atomic mass is 15.1. The average Bonchev–Trinajstić information content (AvgIpc) is 3.64. The van der Waals surface area contributed by atoms with Crippen molar-refractivity contribution in [1.29, 1.82) is 0 Å². The van der Waals surface area contributed by atoms with Crippen molar-refractivity contribution in [3.05, 3.63) is 306 Å². The summed E-state index contributed by atoms with van der Waals surface area (Å²) in [6.07, 6.45) is 0. The Morgan fingerprint density at radius 3 is 0.506 bits per heavy atom. The Morgan fingerprint density at radius 2 is 0.342 bits per heavy atom. The van der Waals surface area contributed by atoms with Gasteiger partial charge in [-0.15, -0.1) is 0 Å². The average molecular weight is 1010 g/mol. The van der Waals surface area contributed by atoms with Crippen molar-refractivity contribution in [2.45, 2.75) is 41.5 Å². The van der Waals surface area contributed by atoms with Crippen molar-refractivity contribution in [3.8, 4) is 100 Å². The minimum absolute atomic E-state index is 1.08. The lowest BCUT2D eigenvalue weighted by Gasteiger charge is -2.27. The molecule has 0 unspecified atom stereocenters. The summed E-state index contributed by atoms with van der Waals surface area (Å²) in [5.41, 5.74) is 33.0. The first-order valence-electron chi connectivity index (χ1n) is 27.6. The molecular formula is C78H63N. The van der Waals surface area contributed by atoms with E-state index in [9.17, 15) is 0 Å². The predicted octanol–water partition coefficient (Wildman–Crippen LogP) is 22.0. The molecule has 1 nitrogen and oxygen atoms in total. The summed E-state index contributed by atoms with van der Waals surface area (Å²) in [7, 11) is 0. The summed E-state index contributed by atoms with van der Waals surface area (Å²) in [4.78, 5) is 2.41. The third kappa shape index (κ3) is 9.70. The van der Waals surface area contributed by atoms with E-state index in [1.165, 1.54) is 134 Å². The number of benzene rings is 12. The highest BCUT2D eigenvalue weighted by Crippen LogP contribution is 2.46. The Hall–Kier alpha value is -9.56. The molecule has 0 amide bonds. The normalized spacial score (nSPS) is 11.2. The van der Waals surface area contributed by atoms with Gasteiger partial charge in [0.1, 0.15) is 0 Å². The molecule has 0 radical (unpaired) electrons. The molecule has 12 rings (SSSR count). The molecule has 0 atom stereocenters. The van der Waals surface area contributed by atoms with Crippen LogP contribution in [0, 0.1) is 41.5 Å². The molecule has 12 aromatic rings. The highest BCUT2D eigenvalue weighted by molar-refractivity contribution is 5.93. The molecule has 1 heteroatoms. The second kappa shape index (κ2) is 21.8. The number of hydrogen-bond donors (Lipinski definition) is 0. The van der Waals surface area contributed by atoms with Gasteiger partial charge in [0.15, 0.2) is 0 Å². The van der Waals surface area contributed by atoms with E-state index in [4.69, 9.17) is 0 Å². The Balaban J connectivity index is 1.00. The molecule has 0 aromatic heterocycles. The quantitative estimate of drug-likeness (QED) is 0.118. The smallest absolute Gasteiger partial charge is 0.0462 e. The summed E-state index contributed by atoms with van der Waals surface area (Å²) >= 11 is 0. The zero-order valence-corrected chi connectivity index (χ0v) is 45.9. The summed E-state index contributed by atoms with van der Waals surface area (Å²) < 4.78 is 0. The summed E-state index contributed by atoms with van der Waals surface area (Å²) in [6, 6.07) is 99.8. The molecular weight excluding hydrogens is 951 g/mol. The van der Waals surface area contributed by atoms with Crippen molar-refractivity contribution < 1.29 is 0 Å². The Kier molecular flexibility index (Phi) is 13.9. The molecule has 0 saturated heterocycles. The molecule has 0 spiro atoms. The van der Waals surface area contributed by atoms with Crippen LogP contribution in [0.25, 0.3) is 100 Å². The van der Waals surface area contributed by atoms with Gasteiger partial charge in [0, 0.05) is 17.1 Å². The van der Waals surface area contributed by atoms with Gasteiger partial charge in [-0.2, -0.15) is 0 Å². The minimum atomic E-state index is 1.08. The van der Waals surface area contributed by atoms with Crippen molar-refractivity contribution in [1.82, 2.24) is 0 Å². The van der Waals surface area contributed by atoms with E-state index in [0.717, 1.165) is 17.1 Å². The molecule has 0 aliphatic carbocycles. The van der Waals surface area contributed by atoms with Crippen molar-refractivity contribution in [2.24, 2.45) is 0 Å². The molecule has 79 heavy (non-hydrogen) atoms. The molecule has 0 bridgehead atoms. The van der Waals surface area contributed by atoms with Crippen LogP contribution in [0.4, 0.5) is 17.1 Å². The van der Waals surface area contributed by atoms with Gasteiger partial charge >= 0.3 is 0 Å². The predicted molar refractivity (Wildman–Crippen MR) is 338 cm³/mol. The van der Waals surface area contributed by atoms with Crippen molar-refractivity contribution in [2.75, 3.05) is 4.90 Å². The molecule has 0 aliphatic rings. The van der Waals surface area contributed by atoms with E-state index in [-0.39, 0.29) is 0 Å². The molecule has 0 aliphatic heterocycles. The Bertz CT molecular complexity index is 3470. The molecule has 0 N–H and O–H groups in total. The van der Waals surface area contributed by atoms with E-state index in [2.05, 4.69) is 319 Å². The van der Waals surface area contributed by atoms with Crippen LogP contribution in [0.15, 0.2) is 273 Å². The number of hydrogen-bond acceptors (Lipinski definition) is 1. The largest absolute Gasteiger partial charge is 0.311 e. The van der Waals surface area contributed by atoms with Gasteiger partial charge in [0.2, 0.25) is 0 Å². The van der Waals surface area contributed by atoms with Gasteiger partial charge in [-0.3, -0.25) is 0 Å². The van der Waals surface area contributed by atoms with E-state index < -0.39 is 0 Å². The van der Waals surface area contributed by atoms with Gasteiger partial charge in [0.05, 0.1) is 0 Å². The van der Waals surface area contributed by atoms with Gasteiger partial charge in [-0.05, 0) is 230 Å². The van der Waals surface area contributed by atoms with Crippen molar-refractivity contribution in [3.63, 3.8) is 0 Å². The van der Waals surface area contributed by atoms with E-state index in [0.29, 0.717) is 0 Å². The maximum absolute atomic E-state index is 2.41. The van der Waals surface area contributed by atoms with Gasteiger partial charge in [-0.25, -0.2) is 0 Å². The SMILES string of the molecule is Cc1c(-c2ccccc2)cc(-c2ccccc2)c(C)c1-c1ccc(N(c2ccc(-c3c(C)c(-c4ccccc4)cc(-c4ccccc4)c3C)cc2)c2ccc(-c3c(C)c(-c4ccccc4)cc(-c4ccccc4)c3C)cc2)cc1. The lowest BCUT2D eigenvalue weighted by molar-refractivity contribution is 1.28. The monoisotopic (exact) mass is 1010 g/mol. The van der Waals surface area contributed by atoms with Gasteiger partial charge < -0.3 is 4.90 Å². The van der Waals surface area contributed by atoms with Gasteiger partial charge in [0.25, 0.3) is 0 Å². The third-order valence-electron chi connectivity index (χ3n) is 16.3. The lowest BCUT2D eigenvalue weighted by Crippen LogP contribution is -2.10. The van der Waals surface area contributed by atoms with Crippen LogP contribution >= 0.6 is 0 Å². The fourth-order valence-corrected chi connectivity index (χ4v) is 12.3. The number of nitrogens with zero attached hydrogens (tertiary/aromatic N) is 1. The van der Waals surface area contributed by atoms with Crippen molar-refractivity contribution >= 4 is 17.1 Å². The fraction of sp³-hybridized carbons (Fsp3) is 0.0769. The van der Waals surface area contributed by atoms with Crippen LogP contribution in [0.1, 0.15) is 33.4 Å². The summed E-state index contributed by atoms with van der Waals surface area (Å²) in [5.74, 6) is 0. The topological polar surface area (TPSA) is 3.24 Å². The second-order valence-corrected chi connectivity index (χ2v) is 21.0. The first kappa shape index (κ1) is 50.3. The van der Waals surface area contributed by atoms with Crippen LogP contribution in [-0.4, -0.2) is 0 Å². The maximum atomic E-state index is 2.41. The van der Waals surface area contributed by atoms with E-state index in [1.807, 2.05) is 0 Å². The van der Waals surface area contributed by atoms with E-state index >= 15 is 0 Å². The van der Waals surface area contributed by atoms with Crippen LogP contribution < -0.4 is 4.90 Å². The molecule has 0 saturated carbocycles. The van der Waals surface area contributed by atoms with Crippen LogP contribution in [0.2, 0.25) is 0 Å². The maximum Gasteiger partial charge on any atom is 0.0462 e. The standard InChI is InChI=1S/C78H63N/c1-52-70(58-25-13-7-14-26-58)49-71(59-27-15-8-16-28-59)53(2)76(52)64-37-43-67(44-38-64)79(68-45-39-65(40-46-68)77-54(3)72(60-29-17-9-18-30-60)50-73(55(77)4)61-31-19-10-20-32-61)69-47-41-66(42-48-69)78-56(5)74(62-33-21-11-22-34-62)51-75(57(78)6)63-35-23-12-24-36-63/h7-51H,1-6H3. The molecule has 0 fully saturated rings. The molecule has 0 heterocycles. The minimum Gasteiger partial charge on any atom is -0.311 e. The summed E-state index contributed by atoms with van der Waals surface area (Å²) in [6.45, 7) is 13.7.